The van der Waals surface area contributed by atoms with Crippen LogP contribution in [0.1, 0.15) is 31.1 Å². The molecule has 158 valence electrons. The lowest BCUT2D eigenvalue weighted by Crippen LogP contribution is -2.34. The third kappa shape index (κ3) is 5.90. The van der Waals surface area contributed by atoms with E-state index in [2.05, 4.69) is 22.4 Å². The summed E-state index contributed by atoms with van der Waals surface area (Å²) in [5, 5.41) is 6.18. The molecule has 0 bridgehead atoms. The van der Waals surface area contributed by atoms with Crippen molar-refractivity contribution >= 4 is 29.5 Å². The Hall–Kier alpha value is -3.20. The standard InChI is InChI=1S/C11H10N2OS.C10H15N3O2/c14-7-12-5-9-1-3-10(4-2-9)11-6-13-8-15-11;1-7-3-2-4-13(7)10(14)6-8-5-9(11)12-15-8/h1-4,6-8H,5H2,(H,12,14);5,7H,2-4,6H2,1H3,(H2,11,12). The van der Waals surface area contributed by atoms with E-state index in [1.165, 1.54) is 0 Å². The number of benzene rings is 1. The van der Waals surface area contributed by atoms with Crippen LogP contribution in [0.5, 0.6) is 0 Å². The van der Waals surface area contributed by atoms with Gasteiger partial charge in [0.15, 0.2) is 5.82 Å². The molecule has 8 nitrogen and oxygen atoms in total. The van der Waals surface area contributed by atoms with Gasteiger partial charge in [-0.2, -0.15) is 0 Å². The van der Waals surface area contributed by atoms with Crippen LogP contribution in [-0.2, 0) is 22.6 Å². The Bertz CT molecular complexity index is 940. The van der Waals surface area contributed by atoms with Gasteiger partial charge in [-0.25, -0.2) is 0 Å². The molecular weight excluding hydrogens is 402 g/mol. The summed E-state index contributed by atoms with van der Waals surface area (Å²) in [6.07, 6.45) is 4.99. The zero-order chi connectivity index (χ0) is 21.3. The van der Waals surface area contributed by atoms with Crippen molar-refractivity contribution in [2.75, 3.05) is 12.3 Å². The number of anilines is 1. The average molecular weight is 428 g/mol. The maximum Gasteiger partial charge on any atom is 0.230 e. The van der Waals surface area contributed by atoms with Gasteiger partial charge >= 0.3 is 0 Å². The fraction of sp³-hybridized carbons (Fsp3) is 0.333. The lowest BCUT2D eigenvalue weighted by molar-refractivity contribution is -0.131. The Kier molecular flexibility index (Phi) is 7.56. The van der Waals surface area contributed by atoms with E-state index in [1.54, 1.807) is 17.4 Å². The van der Waals surface area contributed by atoms with Gasteiger partial charge in [-0.3, -0.25) is 14.6 Å². The molecule has 1 saturated heterocycles. The number of amides is 2. The molecular formula is C21H25N5O3S. The summed E-state index contributed by atoms with van der Waals surface area (Å²) in [5.41, 5.74) is 9.47. The minimum Gasteiger partial charge on any atom is -0.381 e. The molecule has 0 spiro atoms. The van der Waals surface area contributed by atoms with Crippen LogP contribution in [0.25, 0.3) is 10.4 Å². The molecule has 1 atom stereocenters. The number of nitrogens with one attached hydrogen (secondary N) is 1. The molecule has 3 N–H and O–H groups in total. The number of nitrogens with zero attached hydrogens (tertiary/aromatic N) is 3. The number of rotatable bonds is 6. The molecule has 1 aliphatic heterocycles. The molecule has 2 amide bonds. The Balaban J connectivity index is 0.000000171. The van der Waals surface area contributed by atoms with Gasteiger partial charge in [-0.05, 0) is 30.9 Å². The third-order valence-corrected chi connectivity index (χ3v) is 5.66. The van der Waals surface area contributed by atoms with Crippen molar-refractivity contribution in [3.63, 3.8) is 0 Å². The number of hydrogen-bond donors (Lipinski definition) is 2. The van der Waals surface area contributed by atoms with E-state index >= 15 is 0 Å². The lowest BCUT2D eigenvalue weighted by atomic mass is 10.1. The average Bonchev–Trinajstić information content (AvgIpc) is 3.50. The van der Waals surface area contributed by atoms with Crippen molar-refractivity contribution in [3.8, 4) is 10.4 Å². The van der Waals surface area contributed by atoms with Gasteiger partial charge in [0.1, 0.15) is 5.76 Å². The van der Waals surface area contributed by atoms with Gasteiger partial charge in [0.2, 0.25) is 12.3 Å². The smallest absolute Gasteiger partial charge is 0.230 e. The normalized spacial score (nSPS) is 15.4. The molecule has 30 heavy (non-hydrogen) atoms. The number of likely N-dealkylation sites (tertiary alicyclic amines) is 1. The highest BCUT2D eigenvalue weighted by Crippen LogP contribution is 2.23. The first-order chi connectivity index (χ1) is 14.6. The minimum atomic E-state index is 0.0937. The Morgan fingerprint density at radius 2 is 2.20 bits per heavy atom. The van der Waals surface area contributed by atoms with Crippen molar-refractivity contribution < 1.29 is 14.1 Å². The predicted molar refractivity (Wildman–Crippen MR) is 115 cm³/mol. The lowest BCUT2D eigenvalue weighted by Gasteiger charge is -2.20. The number of nitrogens with two attached hydrogens (primary N) is 1. The highest BCUT2D eigenvalue weighted by Gasteiger charge is 2.25. The van der Waals surface area contributed by atoms with Crippen LogP contribution in [-0.4, -0.2) is 39.9 Å². The van der Waals surface area contributed by atoms with Gasteiger partial charge in [-0.15, -0.1) is 11.3 Å². The maximum atomic E-state index is 11.8. The second-order valence-corrected chi connectivity index (χ2v) is 7.92. The molecule has 0 radical (unpaired) electrons. The monoisotopic (exact) mass is 427 g/mol. The molecule has 4 rings (SSSR count). The summed E-state index contributed by atoms with van der Waals surface area (Å²) >= 11 is 1.62. The molecule has 0 saturated carbocycles. The summed E-state index contributed by atoms with van der Waals surface area (Å²) in [7, 11) is 0. The summed E-state index contributed by atoms with van der Waals surface area (Å²) in [5.74, 6) is 0.958. The summed E-state index contributed by atoms with van der Waals surface area (Å²) < 4.78 is 4.91. The predicted octanol–water partition coefficient (Wildman–Crippen LogP) is 2.87. The molecule has 1 fully saturated rings. The van der Waals surface area contributed by atoms with Crippen molar-refractivity contribution in [3.05, 3.63) is 53.4 Å². The molecule has 2 aromatic heterocycles. The van der Waals surface area contributed by atoms with Crippen LogP contribution in [0.2, 0.25) is 0 Å². The zero-order valence-electron chi connectivity index (χ0n) is 16.8. The third-order valence-electron chi connectivity index (χ3n) is 4.84. The molecule has 3 heterocycles. The topological polar surface area (TPSA) is 114 Å². The van der Waals surface area contributed by atoms with Crippen LogP contribution in [0, 0.1) is 0 Å². The number of carbonyl (C=O) groups excluding carboxylic acids is 2. The highest BCUT2D eigenvalue weighted by molar-refractivity contribution is 7.13. The Labute approximate surface area is 179 Å². The van der Waals surface area contributed by atoms with Gasteiger partial charge in [-0.1, -0.05) is 29.4 Å². The fourth-order valence-corrected chi connectivity index (χ4v) is 3.90. The number of nitrogen functional groups attached to an aromatic ring is 1. The van der Waals surface area contributed by atoms with Crippen molar-refractivity contribution in [2.45, 2.75) is 38.8 Å². The zero-order valence-corrected chi connectivity index (χ0v) is 17.6. The van der Waals surface area contributed by atoms with E-state index in [0.29, 0.717) is 30.6 Å². The second kappa shape index (κ2) is 10.5. The summed E-state index contributed by atoms with van der Waals surface area (Å²) in [4.78, 5) is 29.0. The minimum absolute atomic E-state index is 0.0937. The van der Waals surface area contributed by atoms with Gasteiger partial charge in [0.25, 0.3) is 0 Å². The first-order valence-corrected chi connectivity index (χ1v) is 10.6. The molecule has 1 aliphatic rings. The van der Waals surface area contributed by atoms with Gasteiger partial charge in [0, 0.05) is 31.4 Å². The van der Waals surface area contributed by atoms with Crippen molar-refractivity contribution in [1.29, 1.82) is 0 Å². The molecule has 3 aromatic rings. The first-order valence-electron chi connectivity index (χ1n) is 9.72. The van der Waals surface area contributed by atoms with Crippen molar-refractivity contribution in [1.82, 2.24) is 20.4 Å². The van der Waals surface area contributed by atoms with E-state index in [9.17, 15) is 9.59 Å². The van der Waals surface area contributed by atoms with E-state index in [4.69, 9.17) is 10.3 Å². The maximum absolute atomic E-state index is 11.8. The van der Waals surface area contributed by atoms with Crippen LogP contribution < -0.4 is 11.1 Å². The summed E-state index contributed by atoms with van der Waals surface area (Å²) in [6, 6.07) is 10.0. The number of aromatic nitrogens is 2. The SMILES string of the molecule is CC1CCCN1C(=O)Cc1cc(N)no1.O=CNCc1ccc(-c2cncs2)cc1. The van der Waals surface area contributed by atoms with Crippen LogP contribution in [0.4, 0.5) is 5.82 Å². The highest BCUT2D eigenvalue weighted by atomic mass is 32.1. The fourth-order valence-electron chi connectivity index (χ4n) is 3.27. The van der Waals surface area contributed by atoms with E-state index in [-0.39, 0.29) is 12.3 Å². The van der Waals surface area contributed by atoms with Crippen LogP contribution >= 0.6 is 11.3 Å². The largest absolute Gasteiger partial charge is 0.381 e. The van der Waals surface area contributed by atoms with Gasteiger partial charge < -0.3 is 20.5 Å². The van der Waals surface area contributed by atoms with E-state index in [0.717, 1.165) is 35.4 Å². The number of carbonyl (C=O) groups is 2. The molecule has 9 heteroatoms. The Morgan fingerprint density at radius 1 is 1.40 bits per heavy atom. The molecule has 1 aromatic carbocycles. The van der Waals surface area contributed by atoms with Crippen LogP contribution in [0.3, 0.4) is 0 Å². The second-order valence-electron chi connectivity index (χ2n) is 7.03. The van der Waals surface area contributed by atoms with E-state index in [1.807, 2.05) is 40.9 Å². The molecule has 0 aliphatic carbocycles. The quantitative estimate of drug-likeness (QED) is 0.585. The summed E-state index contributed by atoms with van der Waals surface area (Å²) in [6.45, 7) is 3.50. The molecule has 1 unspecified atom stereocenters. The Morgan fingerprint density at radius 3 is 2.77 bits per heavy atom. The number of thiazole rings is 1. The van der Waals surface area contributed by atoms with Crippen molar-refractivity contribution in [2.24, 2.45) is 0 Å². The first kappa shape index (κ1) is 21.5. The van der Waals surface area contributed by atoms with Crippen LogP contribution in [0.15, 0.2) is 46.6 Å². The number of hydrogen-bond acceptors (Lipinski definition) is 7. The van der Waals surface area contributed by atoms with Gasteiger partial charge in [0.05, 0.1) is 16.8 Å². The van der Waals surface area contributed by atoms with E-state index < -0.39 is 0 Å².